The summed E-state index contributed by atoms with van der Waals surface area (Å²) in [4.78, 5) is 2.43. The predicted octanol–water partition coefficient (Wildman–Crippen LogP) is 5.43. The van der Waals surface area contributed by atoms with E-state index in [1.54, 1.807) is 0 Å². The molecule has 1 heteroatoms. The lowest BCUT2D eigenvalue weighted by Crippen LogP contribution is -2.18. The maximum absolute atomic E-state index is 3.76. The van der Waals surface area contributed by atoms with Crippen molar-refractivity contribution >= 4 is 0 Å². The fourth-order valence-corrected chi connectivity index (χ4v) is 2.53. The summed E-state index contributed by atoms with van der Waals surface area (Å²) in [6.45, 7) is 6.05. The molecule has 0 unspecified atom stereocenters. The van der Waals surface area contributed by atoms with Crippen LogP contribution in [-0.2, 0) is 6.54 Å². The minimum absolute atomic E-state index is 1.07. The molecule has 0 fully saturated rings. The number of allylic oxidation sites excluding steroid dienone is 1. The van der Waals surface area contributed by atoms with Crippen LogP contribution < -0.4 is 0 Å². The van der Waals surface area contributed by atoms with Crippen molar-refractivity contribution in [3.63, 3.8) is 0 Å². The van der Waals surface area contributed by atoms with Crippen LogP contribution in [0.25, 0.3) is 0 Å². The summed E-state index contributed by atoms with van der Waals surface area (Å²) < 4.78 is 0. The molecule has 0 atom stereocenters. The molecular weight excluding hydrogens is 242 g/mol. The van der Waals surface area contributed by atoms with Gasteiger partial charge in [0.2, 0.25) is 0 Å². The molecule has 0 N–H and O–H groups in total. The fraction of sp³-hybridized carbons (Fsp3) is 0.579. The van der Waals surface area contributed by atoms with Crippen LogP contribution in [0.2, 0.25) is 0 Å². The first-order chi connectivity index (χ1) is 9.83. The van der Waals surface area contributed by atoms with E-state index in [9.17, 15) is 0 Å². The molecule has 112 valence electrons. The molecule has 0 aliphatic heterocycles. The topological polar surface area (TPSA) is 3.24 Å². The quantitative estimate of drug-likeness (QED) is 0.363. The molecule has 0 saturated carbocycles. The van der Waals surface area contributed by atoms with Gasteiger partial charge in [-0.1, -0.05) is 68.5 Å². The molecule has 0 heterocycles. The third-order valence-corrected chi connectivity index (χ3v) is 3.74. The third kappa shape index (κ3) is 8.92. The first kappa shape index (κ1) is 17.0. The lowest BCUT2D eigenvalue weighted by atomic mass is 10.1. The summed E-state index contributed by atoms with van der Waals surface area (Å²) in [6, 6.07) is 10.7. The second-order valence-electron chi connectivity index (χ2n) is 5.78. The lowest BCUT2D eigenvalue weighted by Gasteiger charge is -2.16. The number of rotatable bonds is 12. The van der Waals surface area contributed by atoms with E-state index in [0.717, 1.165) is 6.54 Å². The molecule has 1 aromatic rings. The van der Waals surface area contributed by atoms with E-state index in [1.807, 2.05) is 6.08 Å². The number of hydrogen-bond acceptors (Lipinski definition) is 1. The van der Waals surface area contributed by atoms with E-state index in [1.165, 1.54) is 63.5 Å². The van der Waals surface area contributed by atoms with Crippen LogP contribution >= 0.6 is 0 Å². The van der Waals surface area contributed by atoms with Gasteiger partial charge in [-0.05, 0) is 38.4 Å². The molecule has 0 radical (unpaired) electrons. The van der Waals surface area contributed by atoms with Crippen molar-refractivity contribution in [1.82, 2.24) is 4.90 Å². The molecule has 0 bridgehead atoms. The fourth-order valence-electron chi connectivity index (χ4n) is 2.53. The molecule has 0 aromatic heterocycles. The molecule has 20 heavy (non-hydrogen) atoms. The summed E-state index contributed by atoms with van der Waals surface area (Å²) in [5.41, 5.74) is 1.41. The van der Waals surface area contributed by atoms with Gasteiger partial charge >= 0.3 is 0 Å². The molecule has 0 saturated heterocycles. The van der Waals surface area contributed by atoms with Crippen LogP contribution in [0.4, 0.5) is 0 Å². The van der Waals surface area contributed by atoms with Crippen LogP contribution in [0, 0.1) is 0 Å². The van der Waals surface area contributed by atoms with E-state index >= 15 is 0 Å². The molecule has 1 rings (SSSR count). The highest BCUT2D eigenvalue weighted by molar-refractivity contribution is 5.14. The molecule has 0 aliphatic rings. The second-order valence-corrected chi connectivity index (χ2v) is 5.78. The van der Waals surface area contributed by atoms with E-state index < -0.39 is 0 Å². The zero-order chi connectivity index (χ0) is 14.5. The highest BCUT2D eigenvalue weighted by atomic mass is 15.1. The van der Waals surface area contributed by atoms with Gasteiger partial charge in [0, 0.05) is 6.54 Å². The molecular formula is C19H31N. The average Bonchev–Trinajstić information content (AvgIpc) is 2.46. The average molecular weight is 273 g/mol. The van der Waals surface area contributed by atoms with Crippen molar-refractivity contribution in [3.05, 3.63) is 48.6 Å². The SMILES string of the molecule is C=CCCCCCCCCCN(C)Cc1ccccc1. The third-order valence-electron chi connectivity index (χ3n) is 3.74. The van der Waals surface area contributed by atoms with E-state index in [-0.39, 0.29) is 0 Å². The van der Waals surface area contributed by atoms with Gasteiger partial charge in [0.25, 0.3) is 0 Å². The molecule has 0 amide bonds. The Morgan fingerprint density at radius 3 is 2.15 bits per heavy atom. The van der Waals surface area contributed by atoms with Crippen molar-refractivity contribution in [2.75, 3.05) is 13.6 Å². The summed E-state index contributed by atoms with van der Waals surface area (Å²) in [5.74, 6) is 0. The van der Waals surface area contributed by atoms with Crippen molar-refractivity contribution in [3.8, 4) is 0 Å². The Morgan fingerprint density at radius 1 is 0.900 bits per heavy atom. The van der Waals surface area contributed by atoms with Crippen LogP contribution in [0.1, 0.15) is 56.9 Å². The van der Waals surface area contributed by atoms with E-state index in [0.29, 0.717) is 0 Å². The largest absolute Gasteiger partial charge is 0.302 e. The summed E-state index contributed by atoms with van der Waals surface area (Å²) >= 11 is 0. The number of hydrogen-bond donors (Lipinski definition) is 0. The highest BCUT2D eigenvalue weighted by Gasteiger charge is 1.99. The van der Waals surface area contributed by atoms with Gasteiger partial charge < -0.3 is 4.90 Å². The van der Waals surface area contributed by atoms with Gasteiger partial charge in [-0.2, -0.15) is 0 Å². The molecule has 0 aliphatic carbocycles. The first-order valence-corrected chi connectivity index (χ1v) is 8.16. The van der Waals surface area contributed by atoms with Crippen LogP contribution in [-0.4, -0.2) is 18.5 Å². The van der Waals surface area contributed by atoms with E-state index in [4.69, 9.17) is 0 Å². The Labute approximate surface area is 125 Å². The molecule has 0 spiro atoms. The van der Waals surface area contributed by atoms with Gasteiger partial charge in [0.15, 0.2) is 0 Å². The number of benzene rings is 1. The first-order valence-electron chi connectivity index (χ1n) is 8.16. The van der Waals surface area contributed by atoms with Gasteiger partial charge in [-0.3, -0.25) is 0 Å². The second kappa shape index (κ2) is 11.7. The Hall–Kier alpha value is -1.08. The summed E-state index contributed by atoms with van der Waals surface area (Å²) in [6.07, 6.45) is 12.8. The van der Waals surface area contributed by atoms with Gasteiger partial charge in [-0.25, -0.2) is 0 Å². The number of nitrogens with zero attached hydrogens (tertiary/aromatic N) is 1. The standard InChI is InChI=1S/C19H31N/c1-3-4-5-6-7-8-9-10-14-17-20(2)18-19-15-12-11-13-16-19/h3,11-13,15-16H,1,4-10,14,17-18H2,2H3. The number of unbranched alkanes of at least 4 members (excludes halogenated alkanes) is 7. The van der Waals surface area contributed by atoms with Gasteiger partial charge in [0.05, 0.1) is 0 Å². The maximum Gasteiger partial charge on any atom is 0.0230 e. The van der Waals surface area contributed by atoms with E-state index in [2.05, 4.69) is 48.9 Å². The normalized spacial score (nSPS) is 10.9. The Balaban J connectivity index is 1.92. The molecule has 1 nitrogen and oxygen atoms in total. The summed E-state index contributed by atoms with van der Waals surface area (Å²) in [7, 11) is 2.22. The van der Waals surface area contributed by atoms with Gasteiger partial charge in [-0.15, -0.1) is 6.58 Å². The summed E-state index contributed by atoms with van der Waals surface area (Å²) in [5, 5.41) is 0. The molecule has 1 aromatic carbocycles. The minimum atomic E-state index is 1.07. The van der Waals surface area contributed by atoms with Crippen LogP contribution in [0.3, 0.4) is 0 Å². The Bertz CT molecular complexity index is 331. The lowest BCUT2D eigenvalue weighted by molar-refractivity contribution is 0.316. The minimum Gasteiger partial charge on any atom is -0.302 e. The van der Waals surface area contributed by atoms with Crippen molar-refractivity contribution < 1.29 is 0 Å². The van der Waals surface area contributed by atoms with Crippen LogP contribution in [0.5, 0.6) is 0 Å². The predicted molar refractivity (Wildman–Crippen MR) is 89.9 cm³/mol. The smallest absolute Gasteiger partial charge is 0.0230 e. The zero-order valence-electron chi connectivity index (χ0n) is 13.2. The van der Waals surface area contributed by atoms with Crippen LogP contribution in [0.15, 0.2) is 43.0 Å². The maximum atomic E-state index is 3.76. The van der Waals surface area contributed by atoms with Crippen molar-refractivity contribution in [2.45, 2.75) is 57.9 Å². The Kier molecular flexibility index (Phi) is 9.95. The monoisotopic (exact) mass is 273 g/mol. The zero-order valence-corrected chi connectivity index (χ0v) is 13.2. The van der Waals surface area contributed by atoms with Crippen molar-refractivity contribution in [1.29, 1.82) is 0 Å². The Morgan fingerprint density at radius 2 is 1.50 bits per heavy atom. The van der Waals surface area contributed by atoms with Crippen molar-refractivity contribution in [2.24, 2.45) is 0 Å². The van der Waals surface area contributed by atoms with Gasteiger partial charge in [0.1, 0.15) is 0 Å². The highest BCUT2D eigenvalue weighted by Crippen LogP contribution is 2.10.